The summed E-state index contributed by atoms with van der Waals surface area (Å²) in [6.45, 7) is 4.44. The van der Waals surface area contributed by atoms with Gasteiger partial charge in [-0.05, 0) is 75.3 Å². The molecule has 0 N–H and O–H groups in total. The summed E-state index contributed by atoms with van der Waals surface area (Å²) in [5.41, 5.74) is 3.28. The fraction of sp³-hybridized carbons (Fsp3) is 0.185. The van der Waals surface area contributed by atoms with Crippen molar-refractivity contribution in [3.8, 4) is 5.75 Å². The van der Waals surface area contributed by atoms with Gasteiger partial charge in [0, 0.05) is 6.20 Å². The Morgan fingerprint density at radius 2 is 1.94 bits per heavy atom. The molecule has 172 valence electrons. The predicted molar refractivity (Wildman–Crippen MR) is 141 cm³/mol. The number of rotatable bonds is 6. The van der Waals surface area contributed by atoms with E-state index in [1.54, 1.807) is 11.8 Å². The van der Waals surface area contributed by atoms with Gasteiger partial charge >= 0.3 is 5.97 Å². The molecule has 2 aliphatic rings. The van der Waals surface area contributed by atoms with E-state index in [0.717, 1.165) is 26.5 Å². The van der Waals surface area contributed by atoms with Crippen molar-refractivity contribution in [3.63, 3.8) is 0 Å². The molecule has 1 atom stereocenters. The van der Waals surface area contributed by atoms with Crippen LogP contribution in [0.5, 0.6) is 5.75 Å². The monoisotopic (exact) mass is 534 g/mol. The molecule has 34 heavy (non-hydrogen) atoms. The van der Waals surface area contributed by atoms with Crippen LogP contribution in [0.15, 0.2) is 93.0 Å². The lowest BCUT2D eigenvalue weighted by Crippen LogP contribution is -2.34. The Morgan fingerprint density at radius 1 is 1.12 bits per heavy atom. The molecule has 0 amide bonds. The van der Waals surface area contributed by atoms with Gasteiger partial charge in [0.05, 0.1) is 28.4 Å². The molecule has 0 aromatic heterocycles. The maximum atomic E-state index is 12.8. The zero-order valence-corrected chi connectivity index (χ0v) is 21.2. The van der Waals surface area contributed by atoms with Gasteiger partial charge in [0.15, 0.2) is 5.17 Å². The van der Waals surface area contributed by atoms with E-state index in [9.17, 15) is 4.79 Å². The zero-order valence-electron chi connectivity index (χ0n) is 18.8. The molecular formula is C27H23BrN2O3S. The van der Waals surface area contributed by atoms with Crippen molar-refractivity contribution < 1.29 is 14.3 Å². The van der Waals surface area contributed by atoms with Crippen LogP contribution in [0.25, 0.3) is 10.8 Å². The second-order valence-electron chi connectivity index (χ2n) is 7.99. The number of carbonyl (C=O) groups excluding carboxylic acids is 1. The van der Waals surface area contributed by atoms with E-state index in [0.29, 0.717) is 24.5 Å². The van der Waals surface area contributed by atoms with Crippen molar-refractivity contribution in [1.29, 1.82) is 0 Å². The summed E-state index contributed by atoms with van der Waals surface area (Å²) in [4.78, 5) is 19.5. The first kappa shape index (κ1) is 22.7. The Bertz CT molecular complexity index is 1360. The van der Waals surface area contributed by atoms with Crippen LogP contribution in [0, 0.1) is 0 Å². The van der Waals surface area contributed by atoms with E-state index in [4.69, 9.17) is 9.47 Å². The largest absolute Gasteiger partial charge is 0.488 e. The van der Waals surface area contributed by atoms with E-state index >= 15 is 0 Å². The van der Waals surface area contributed by atoms with Crippen molar-refractivity contribution in [1.82, 2.24) is 4.90 Å². The lowest BCUT2D eigenvalue weighted by Gasteiger charge is -2.33. The molecule has 2 heterocycles. The molecule has 0 fully saturated rings. The SMILES string of the molecule is CCOC(=O)C1=C(C)N=C2SC=CN2[C@@H]1c1ccc(OCc2ccc3ccccc3c2)c(Br)c1. The molecule has 7 heteroatoms. The Morgan fingerprint density at radius 3 is 2.74 bits per heavy atom. The van der Waals surface area contributed by atoms with Gasteiger partial charge in [-0.2, -0.15) is 0 Å². The Kier molecular flexibility index (Phi) is 6.48. The van der Waals surface area contributed by atoms with Crippen molar-refractivity contribution in [3.05, 3.63) is 99.1 Å². The van der Waals surface area contributed by atoms with Gasteiger partial charge in [-0.25, -0.2) is 9.79 Å². The van der Waals surface area contributed by atoms with Crippen LogP contribution in [0.4, 0.5) is 0 Å². The summed E-state index contributed by atoms with van der Waals surface area (Å²) in [5, 5.41) is 5.23. The molecule has 3 aromatic rings. The highest BCUT2D eigenvalue weighted by molar-refractivity contribution is 9.10. The minimum Gasteiger partial charge on any atom is -0.488 e. The van der Waals surface area contributed by atoms with Crippen LogP contribution < -0.4 is 4.74 Å². The number of aliphatic imine (C=N–C) groups is 1. The van der Waals surface area contributed by atoms with E-state index in [-0.39, 0.29) is 12.0 Å². The number of esters is 1. The summed E-state index contributed by atoms with van der Waals surface area (Å²) in [7, 11) is 0. The Hall–Kier alpha value is -3.03. The number of hydrogen-bond acceptors (Lipinski definition) is 6. The van der Waals surface area contributed by atoms with Gasteiger partial charge in [0.2, 0.25) is 0 Å². The minimum absolute atomic E-state index is 0.314. The standard InChI is InChI=1S/C27H23BrN2O3S/c1-3-32-26(31)24-17(2)29-27-30(12-13-34-27)25(24)21-10-11-23(22(28)15-21)33-16-18-8-9-19-6-4-5-7-20(19)14-18/h4-15,25H,3,16H2,1-2H3/t25-/m1/s1. The normalized spacial score (nSPS) is 17.1. The number of ether oxygens (including phenoxy) is 2. The molecule has 0 aliphatic carbocycles. The quantitative estimate of drug-likeness (QED) is 0.320. The average molecular weight is 535 g/mol. The molecule has 3 aromatic carbocycles. The molecule has 0 radical (unpaired) electrons. The molecule has 0 bridgehead atoms. The first-order chi connectivity index (χ1) is 16.5. The van der Waals surface area contributed by atoms with Crippen LogP contribution in [-0.2, 0) is 16.1 Å². The third kappa shape index (κ3) is 4.38. The third-order valence-electron chi connectivity index (χ3n) is 5.80. The number of halogens is 1. The van der Waals surface area contributed by atoms with Crippen molar-refractivity contribution >= 4 is 49.6 Å². The van der Waals surface area contributed by atoms with Crippen molar-refractivity contribution in [2.24, 2.45) is 4.99 Å². The minimum atomic E-state index is -0.342. The number of nitrogens with zero attached hydrogens (tertiary/aromatic N) is 2. The molecule has 0 unspecified atom stereocenters. The fourth-order valence-electron chi connectivity index (χ4n) is 4.19. The van der Waals surface area contributed by atoms with E-state index in [1.165, 1.54) is 10.8 Å². The van der Waals surface area contributed by atoms with Gasteiger partial charge in [0.25, 0.3) is 0 Å². The lowest BCUT2D eigenvalue weighted by molar-refractivity contribution is -0.139. The molecular weight excluding hydrogens is 512 g/mol. The molecule has 2 aliphatic heterocycles. The Labute approximate surface area is 211 Å². The summed E-state index contributed by atoms with van der Waals surface area (Å²) in [6, 6.07) is 20.3. The van der Waals surface area contributed by atoms with E-state index in [2.05, 4.69) is 51.3 Å². The van der Waals surface area contributed by atoms with Gasteiger partial charge in [-0.3, -0.25) is 0 Å². The highest BCUT2D eigenvalue weighted by Gasteiger charge is 2.37. The third-order valence-corrected chi connectivity index (χ3v) is 7.19. The number of thioether (sulfide) groups is 1. The first-order valence-corrected chi connectivity index (χ1v) is 12.7. The molecule has 0 saturated heterocycles. The Balaban J connectivity index is 1.41. The van der Waals surface area contributed by atoms with Gasteiger partial charge in [-0.15, -0.1) is 0 Å². The van der Waals surface area contributed by atoms with E-state index < -0.39 is 0 Å². The molecule has 0 saturated carbocycles. The van der Waals surface area contributed by atoms with Crippen LogP contribution in [0.3, 0.4) is 0 Å². The van der Waals surface area contributed by atoms with Gasteiger partial charge in [0.1, 0.15) is 12.4 Å². The van der Waals surface area contributed by atoms with Gasteiger partial charge < -0.3 is 14.4 Å². The van der Waals surface area contributed by atoms with Gasteiger partial charge in [-0.1, -0.05) is 54.2 Å². The smallest absolute Gasteiger partial charge is 0.338 e. The average Bonchev–Trinajstić information content (AvgIpc) is 3.30. The summed E-state index contributed by atoms with van der Waals surface area (Å²) < 4.78 is 12.3. The number of allylic oxidation sites excluding steroid dienone is 1. The number of fused-ring (bicyclic) bond motifs is 2. The summed E-state index contributed by atoms with van der Waals surface area (Å²) in [5.74, 6) is 0.400. The van der Waals surface area contributed by atoms with Crippen LogP contribution in [-0.4, -0.2) is 22.6 Å². The second kappa shape index (κ2) is 9.68. The maximum absolute atomic E-state index is 12.8. The lowest BCUT2D eigenvalue weighted by atomic mass is 9.95. The van der Waals surface area contributed by atoms with E-state index in [1.807, 2.05) is 60.7 Å². The molecule has 0 spiro atoms. The predicted octanol–water partition coefficient (Wildman–Crippen LogP) is 6.95. The number of amidine groups is 1. The van der Waals surface area contributed by atoms with Crippen LogP contribution in [0.2, 0.25) is 0 Å². The maximum Gasteiger partial charge on any atom is 0.338 e. The highest BCUT2D eigenvalue weighted by Crippen LogP contribution is 2.42. The topological polar surface area (TPSA) is 51.1 Å². The van der Waals surface area contributed by atoms with Crippen molar-refractivity contribution in [2.75, 3.05) is 6.61 Å². The number of carbonyl (C=O) groups is 1. The first-order valence-electron chi connectivity index (χ1n) is 11.0. The van der Waals surface area contributed by atoms with Crippen molar-refractivity contribution in [2.45, 2.75) is 26.5 Å². The summed E-state index contributed by atoms with van der Waals surface area (Å²) >= 11 is 5.22. The fourth-order valence-corrected chi connectivity index (χ4v) is 5.49. The molecule has 5 rings (SSSR count). The number of hydrogen-bond donors (Lipinski definition) is 0. The van der Waals surface area contributed by atoms with Crippen LogP contribution >= 0.6 is 27.7 Å². The zero-order chi connectivity index (χ0) is 23.7. The second-order valence-corrected chi connectivity index (χ2v) is 9.71. The molecule has 5 nitrogen and oxygen atoms in total. The number of benzene rings is 3. The highest BCUT2D eigenvalue weighted by atomic mass is 79.9. The van der Waals surface area contributed by atoms with Crippen LogP contribution in [0.1, 0.15) is 31.0 Å². The summed E-state index contributed by atoms with van der Waals surface area (Å²) in [6.07, 6.45) is 1.96.